The van der Waals surface area contributed by atoms with Crippen molar-refractivity contribution in [3.63, 3.8) is 0 Å². The van der Waals surface area contributed by atoms with Crippen LogP contribution in [0.3, 0.4) is 0 Å². The summed E-state index contributed by atoms with van der Waals surface area (Å²) in [6.07, 6.45) is 1.99. The summed E-state index contributed by atoms with van der Waals surface area (Å²) >= 11 is 5.97. The van der Waals surface area contributed by atoms with Crippen LogP contribution in [0, 0.1) is 0 Å². The largest absolute Gasteiger partial charge is 0.484 e. The highest BCUT2D eigenvalue weighted by Crippen LogP contribution is 2.15. The highest BCUT2D eigenvalue weighted by molar-refractivity contribution is 6.30. The third-order valence-electron chi connectivity index (χ3n) is 5.07. The molecule has 7 heteroatoms. The molecule has 0 bridgehead atoms. The second-order valence-electron chi connectivity index (χ2n) is 7.31. The lowest BCUT2D eigenvalue weighted by molar-refractivity contribution is -0.142. The van der Waals surface area contributed by atoms with Crippen molar-refractivity contribution >= 4 is 23.4 Å². The number of benzene rings is 2. The van der Waals surface area contributed by atoms with E-state index in [-0.39, 0.29) is 31.1 Å². The highest BCUT2D eigenvalue weighted by Gasteiger charge is 2.27. The summed E-state index contributed by atoms with van der Waals surface area (Å²) < 4.78 is 11.2. The number of rotatable bonds is 9. The average Bonchev–Trinajstić information content (AvgIpc) is 3.29. The summed E-state index contributed by atoms with van der Waals surface area (Å²) in [4.78, 5) is 27.2. The van der Waals surface area contributed by atoms with Crippen LogP contribution in [-0.4, -0.2) is 48.6 Å². The Bertz CT molecular complexity index is 823. The summed E-state index contributed by atoms with van der Waals surface area (Å²) in [5.74, 6) is 0.119. The van der Waals surface area contributed by atoms with Gasteiger partial charge in [-0.05, 0) is 49.6 Å². The molecule has 1 heterocycles. The van der Waals surface area contributed by atoms with E-state index in [0.717, 1.165) is 25.0 Å². The van der Waals surface area contributed by atoms with Crippen molar-refractivity contribution < 1.29 is 19.1 Å². The minimum absolute atomic E-state index is 0.0444. The Morgan fingerprint density at radius 1 is 1.20 bits per heavy atom. The molecule has 2 aromatic carbocycles. The number of nitrogens with zero attached hydrogens (tertiary/aromatic N) is 1. The number of para-hydroxylation sites is 1. The van der Waals surface area contributed by atoms with Crippen molar-refractivity contribution in [1.29, 1.82) is 0 Å². The molecule has 2 unspecified atom stereocenters. The van der Waals surface area contributed by atoms with Gasteiger partial charge in [0.2, 0.25) is 5.91 Å². The van der Waals surface area contributed by atoms with E-state index in [2.05, 4.69) is 5.32 Å². The molecule has 2 amide bonds. The molecular formula is C23H27ClN2O4. The lowest BCUT2D eigenvalue weighted by atomic mass is 10.1. The van der Waals surface area contributed by atoms with Gasteiger partial charge >= 0.3 is 0 Å². The zero-order valence-electron chi connectivity index (χ0n) is 17.1. The molecule has 1 aliphatic heterocycles. The van der Waals surface area contributed by atoms with E-state index >= 15 is 0 Å². The Hall–Kier alpha value is -2.57. The minimum Gasteiger partial charge on any atom is -0.484 e. The third kappa shape index (κ3) is 6.47. The quantitative estimate of drug-likeness (QED) is 0.661. The third-order valence-corrected chi connectivity index (χ3v) is 5.32. The molecule has 160 valence electrons. The molecule has 0 aliphatic carbocycles. The normalized spacial score (nSPS) is 16.7. The van der Waals surface area contributed by atoms with Crippen LogP contribution in [0.15, 0.2) is 54.6 Å². The van der Waals surface area contributed by atoms with Crippen LogP contribution in [0.1, 0.15) is 25.3 Å². The van der Waals surface area contributed by atoms with Crippen LogP contribution in [0.2, 0.25) is 5.02 Å². The fourth-order valence-corrected chi connectivity index (χ4v) is 3.41. The van der Waals surface area contributed by atoms with Gasteiger partial charge in [-0.2, -0.15) is 0 Å². The lowest BCUT2D eigenvalue weighted by Crippen LogP contribution is -2.50. The smallest absolute Gasteiger partial charge is 0.261 e. The lowest BCUT2D eigenvalue weighted by Gasteiger charge is -2.29. The molecule has 2 aromatic rings. The van der Waals surface area contributed by atoms with E-state index in [1.165, 1.54) is 4.90 Å². The summed E-state index contributed by atoms with van der Waals surface area (Å²) in [7, 11) is 0. The second-order valence-corrected chi connectivity index (χ2v) is 7.74. The summed E-state index contributed by atoms with van der Waals surface area (Å²) in [6.45, 7) is 3.03. The Balaban J connectivity index is 1.65. The maximum atomic E-state index is 13.0. The maximum absolute atomic E-state index is 13.0. The van der Waals surface area contributed by atoms with Crippen LogP contribution in [-0.2, 0) is 20.9 Å². The zero-order valence-corrected chi connectivity index (χ0v) is 17.8. The molecule has 0 radical (unpaired) electrons. The molecule has 1 fully saturated rings. The van der Waals surface area contributed by atoms with E-state index < -0.39 is 6.04 Å². The molecule has 30 heavy (non-hydrogen) atoms. The standard InChI is InChI=1S/C23H27ClN2O4/c1-17(23(28)25-14-21-8-5-13-29-21)26(15-18-9-11-19(24)12-10-18)22(27)16-30-20-6-3-2-4-7-20/h2-4,6-7,9-12,17,21H,5,8,13-16H2,1H3,(H,25,28). The minimum atomic E-state index is -0.658. The van der Waals surface area contributed by atoms with Gasteiger partial charge in [0, 0.05) is 24.7 Å². The van der Waals surface area contributed by atoms with Gasteiger partial charge in [0.05, 0.1) is 6.10 Å². The number of carbonyl (C=O) groups excluding carboxylic acids is 2. The molecular weight excluding hydrogens is 404 g/mol. The van der Waals surface area contributed by atoms with Crippen molar-refractivity contribution in [1.82, 2.24) is 10.2 Å². The van der Waals surface area contributed by atoms with Crippen LogP contribution in [0.25, 0.3) is 0 Å². The Labute approximate surface area is 182 Å². The molecule has 1 aliphatic rings. The molecule has 1 N–H and O–H groups in total. The first-order valence-corrected chi connectivity index (χ1v) is 10.5. The Kier molecular flexibility index (Phi) is 8.11. The van der Waals surface area contributed by atoms with Gasteiger partial charge < -0.3 is 19.7 Å². The van der Waals surface area contributed by atoms with Crippen LogP contribution < -0.4 is 10.1 Å². The maximum Gasteiger partial charge on any atom is 0.261 e. The summed E-state index contributed by atoms with van der Waals surface area (Å²) in [6, 6.07) is 15.7. The fourth-order valence-electron chi connectivity index (χ4n) is 3.28. The number of hydrogen-bond acceptors (Lipinski definition) is 4. The van der Waals surface area contributed by atoms with Crippen molar-refractivity contribution in [3.05, 3.63) is 65.2 Å². The van der Waals surface area contributed by atoms with Crippen LogP contribution in [0.4, 0.5) is 0 Å². The van der Waals surface area contributed by atoms with Gasteiger partial charge in [-0.25, -0.2) is 0 Å². The van der Waals surface area contributed by atoms with Crippen molar-refractivity contribution in [3.8, 4) is 5.75 Å². The second kappa shape index (κ2) is 11.0. The Morgan fingerprint density at radius 2 is 1.93 bits per heavy atom. The number of amides is 2. The molecule has 0 spiro atoms. The fraction of sp³-hybridized carbons (Fsp3) is 0.391. The first-order valence-electron chi connectivity index (χ1n) is 10.1. The number of ether oxygens (including phenoxy) is 2. The number of carbonyl (C=O) groups is 2. The van der Waals surface area contributed by atoms with E-state index in [1.807, 2.05) is 30.3 Å². The molecule has 0 saturated carbocycles. The monoisotopic (exact) mass is 430 g/mol. The number of halogens is 1. The first-order chi connectivity index (χ1) is 14.5. The number of nitrogens with one attached hydrogen (secondary N) is 1. The van der Waals surface area contributed by atoms with Crippen molar-refractivity contribution in [2.24, 2.45) is 0 Å². The van der Waals surface area contributed by atoms with E-state index in [9.17, 15) is 9.59 Å². The topological polar surface area (TPSA) is 67.9 Å². The average molecular weight is 431 g/mol. The summed E-state index contributed by atoms with van der Waals surface area (Å²) in [5, 5.41) is 3.53. The van der Waals surface area contributed by atoms with Gasteiger partial charge in [-0.3, -0.25) is 9.59 Å². The molecule has 1 saturated heterocycles. The zero-order chi connectivity index (χ0) is 21.3. The van der Waals surface area contributed by atoms with Crippen molar-refractivity contribution in [2.45, 2.75) is 38.5 Å². The van der Waals surface area contributed by atoms with Crippen LogP contribution >= 0.6 is 11.6 Å². The van der Waals surface area contributed by atoms with E-state index in [1.54, 1.807) is 31.2 Å². The van der Waals surface area contributed by atoms with Gasteiger partial charge in [-0.15, -0.1) is 0 Å². The van der Waals surface area contributed by atoms with Crippen LogP contribution in [0.5, 0.6) is 5.75 Å². The first kappa shape index (κ1) is 22.1. The van der Waals surface area contributed by atoms with Gasteiger partial charge in [0.1, 0.15) is 11.8 Å². The predicted molar refractivity (Wildman–Crippen MR) is 115 cm³/mol. The van der Waals surface area contributed by atoms with Gasteiger partial charge in [0.25, 0.3) is 5.91 Å². The summed E-state index contributed by atoms with van der Waals surface area (Å²) in [5.41, 5.74) is 0.881. The van der Waals surface area contributed by atoms with Gasteiger partial charge in [-0.1, -0.05) is 41.9 Å². The highest BCUT2D eigenvalue weighted by atomic mass is 35.5. The van der Waals surface area contributed by atoms with Gasteiger partial charge in [0.15, 0.2) is 6.61 Å². The molecule has 0 aromatic heterocycles. The van der Waals surface area contributed by atoms with Crippen molar-refractivity contribution in [2.75, 3.05) is 19.8 Å². The molecule has 3 rings (SSSR count). The SMILES string of the molecule is CC(C(=O)NCC1CCCO1)N(Cc1ccc(Cl)cc1)C(=O)COc1ccccc1. The Morgan fingerprint density at radius 3 is 2.60 bits per heavy atom. The predicted octanol–water partition coefficient (Wildman–Crippen LogP) is 3.43. The number of hydrogen-bond donors (Lipinski definition) is 1. The molecule has 6 nitrogen and oxygen atoms in total. The van der Waals surface area contributed by atoms with E-state index in [4.69, 9.17) is 21.1 Å². The van der Waals surface area contributed by atoms with E-state index in [0.29, 0.717) is 17.3 Å². The molecule has 2 atom stereocenters.